The van der Waals surface area contributed by atoms with Crippen LogP contribution in [0.1, 0.15) is 42.2 Å². The zero-order valence-corrected chi connectivity index (χ0v) is 19.2. The minimum Gasteiger partial charge on any atom is -0.478 e. The number of thioether (sulfide) groups is 1. The van der Waals surface area contributed by atoms with Crippen molar-refractivity contribution in [1.29, 1.82) is 0 Å². The predicted octanol–water partition coefficient (Wildman–Crippen LogP) is 4.68. The highest BCUT2D eigenvalue weighted by Crippen LogP contribution is 2.24. The molecule has 4 N–H and O–H groups in total. The van der Waals surface area contributed by atoms with Crippen molar-refractivity contribution in [3.05, 3.63) is 88.5 Å². The SMILES string of the molecule is Cc1ccc(NC(=O)CSc2cccc(NC(=O)c3ccc(C(=O)O)cc3C(=O)O)c2)c(C)c1. The van der Waals surface area contributed by atoms with Crippen LogP contribution in [0.25, 0.3) is 0 Å². The maximum absolute atomic E-state index is 12.7. The van der Waals surface area contributed by atoms with E-state index in [1.807, 2.05) is 32.0 Å². The first-order valence-electron chi connectivity index (χ1n) is 10.2. The lowest BCUT2D eigenvalue weighted by Gasteiger charge is -2.11. The third-order valence-electron chi connectivity index (χ3n) is 4.86. The predicted molar refractivity (Wildman–Crippen MR) is 130 cm³/mol. The smallest absolute Gasteiger partial charge is 0.336 e. The van der Waals surface area contributed by atoms with Gasteiger partial charge in [-0.25, -0.2) is 9.59 Å². The Labute approximate surface area is 200 Å². The lowest BCUT2D eigenvalue weighted by Crippen LogP contribution is -2.17. The van der Waals surface area contributed by atoms with E-state index in [0.29, 0.717) is 5.69 Å². The summed E-state index contributed by atoms with van der Waals surface area (Å²) in [6.07, 6.45) is 0. The molecule has 0 spiro atoms. The van der Waals surface area contributed by atoms with Gasteiger partial charge in [-0.1, -0.05) is 23.8 Å². The largest absolute Gasteiger partial charge is 0.478 e. The molecule has 0 aliphatic rings. The molecule has 0 saturated heterocycles. The number of benzene rings is 3. The van der Waals surface area contributed by atoms with Crippen LogP contribution in [0.15, 0.2) is 65.6 Å². The molecule has 3 aromatic rings. The first-order valence-corrected chi connectivity index (χ1v) is 11.1. The number of carboxylic acids is 2. The molecular weight excluding hydrogens is 456 g/mol. The molecular formula is C25H22N2O6S. The van der Waals surface area contributed by atoms with Crippen LogP contribution >= 0.6 is 11.8 Å². The van der Waals surface area contributed by atoms with Crippen LogP contribution in [0, 0.1) is 13.8 Å². The van der Waals surface area contributed by atoms with Crippen LogP contribution in [0.4, 0.5) is 11.4 Å². The molecule has 0 radical (unpaired) electrons. The number of nitrogens with one attached hydrogen (secondary N) is 2. The Morgan fingerprint density at radius 3 is 2.26 bits per heavy atom. The lowest BCUT2D eigenvalue weighted by atomic mass is 10.0. The van der Waals surface area contributed by atoms with E-state index in [1.54, 1.807) is 24.3 Å². The van der Waals surface area contributed by atoms with E-state index in [9.17, 15) is 24.3 Å². The van der Waals surface area contributed by atoms with E-state index in [1.165, 1.54) is 17.8 Å². The van der Waals surface area contributed by atoms with Gasteiger partial charge in [-0.2, -0.15) is 0 Å². The molecule has 0 fully saturated rings. The Kier molecular flexibility index (Phi) is 7.70. The Bertz CT molecular complexity index is 1290. The Hall–Kier alpha value is -4.11. The quantitative estimate of drug-likeness (QED) is 0.345. The molecule has 0 heterocycles. The minimum absolute atomic E-state index is 0.157. The van der Waals surface area contributed by atoms with Crippen molar-refractivity contribution in [2.75, 3.05) is 16.4 Å². The molecule has 34 heavy (non-hydrogen) atoms. The van der Waals surface area contributed by atoms with Gasteiger partial charge in [0.1, 0.15) is 0 Å². The number of amides is 2. The first kappa shape index (κ1) is 24.5. The van der Waals surface area contributed by atoms with Crippen LogP contribution < -0.4 is 10.6 Å². The van der Waals surface area contributed by atoms with Crippen LogP contribution in [0.5, 0.6) is 0 Å². The second-order valence-corrected chi connectivity index (χ2v) is 8.56. The molecule has 3 rings (SSSR count). The number of carboxylic acid groups (broad SMARTS) is 2. The summed E-state index contributed by atoms with van der Waals surface area (Å²) in [5, 5.41) is 23.9. The number of hydrogen-bond acceptors (Lipinski definition) is 5. The number of hydrogen-bond donors (Lipinski definition) is 4. The molecule has 0 aliphatic heterocycles. The van der Waals surface area contributed by atoms with Crippen molar-refractivity contribution in [3.8, 4) is 0 Å². The topological polar surface area (TPSA) is 133 Å². The second-order valence-electron chi connectivity index (χ2n) is 7.51. The highest BCUT2D eigenvalue weighted by molar-refractivity contribution is 8.00. The maximum Gasteiger partial charge on any atom is 0.336 e. The molecule has 0 aliphatic carbocycles. The molecule has 8 nitrogen and oxygen atoms in total. The van der Waals surface area contributed by atoms with Gasteiger partial charge in [0.05, 0.1) is 22.4 Å². The summed E-state index contributed by atoms with van der Waals surface area (Å²) < 4.78 is 0. The van der Waals surface area contributed by atoms with Crippen LogP contribution in [0.2, 0.25) is 0 Å². The van der Waals surface area contributed by atoms with E-state index in [2.05, 4.69) is 10.6 Å². The number of anilines is 2. The Morgan fingerprint density at radius 2 is 1.59 bits per heavy atom. The standard InChI is InChI=1S/C25H22N2O6S/c1-14-6-9-21(15(2)10-14)27-22(28)13-34-18-5-3-4-17(12-18)26-23(29)19-8-7-16(24(30)31)11-20(19)25(32)33/h3-12H,13H2,1-2H3,(H,26,29)(H,27,28)(H,30,31)(H,32,33). The molecule has 0 bridgehead atoms. The zero-order chi connectivity index (χ0) is 24.8. The van der Waals surface area contributed by atoms with E-state index in [4.69, 9.17) is 5.11 Å². The Balaban J connectivity index is 1.66. The van der Waals surface area contributed by atoms with Gasteiger partial charge in [-0.15, -0.1) is 11.8 Å². The van der Waals surface area contributed by atoms with Crippen LogP contribution in [-0.2, 0) is 4.79 Å². The maximum atomic E-state index is 12.7. The van der Waals surface area contributed by atoms with Crippen LogP contribution in [-0.4, -0.2) is 39.7 Å². The average Bonchev–Trinajstić information content (AvgIpc) is 2.79. The van der Waals surface area contributed by atoms with Crippen molar-refractivity contribution in [3.63, 3.8) is 0 Å². The van der Waals surface area contributed by atoms with Gasteiger partial charge < -0.3 is 20.8 Å². The van der Waals surface area contributed by atoms with Crippen molar-refractivity contribution < 1.29 is 29.4 Å². The molecule has 9 heteroatoms. The van der Waals surface area contributed by atoms with Crippen molar-refractivity contribution in [2.24, 2.45) is 0 Å². The summed E-state index contributed by atoms with van der Waals surface area (Å²) in [7, 11) is 0. The third kappa shape index (κ3) is 6.23. The molecule has 2 amide bonds. The Morgan fingerprint density at radius 1 is 0.824 bits per heavy atom. The van der Waals surface area contributed by atoms with E-state index in [-0.39, 0.29) is 22.8 Å². The van der Waals surface area contributed by atoms with Gasteiger partial charge in [0.2, 0.25) is 5.91 Å². The minimum atomic E-state index is -1.41. The van der Waals surface area contributed by atoms with Crippen molar-refractivity contribution >= 4 is 46.9 Å². The van der Waals surface area contributed by atoms with Gasteiger partial charge >= 0.3 is 11.9 Å². The van der Waals surface area contributed by atoms with Gasteiger partial charge in [0.25, 0.3) is 5.91 Å². The number of aromatic carboxylic acids is 2. The fourth-order valence-corrected chi connectivity index (χ4v) is 3.96. The molecule has 0 atom stereocenters. The number of carbonyl (C=O) groups excluding carboxylic acids is 2. The summed E-state index contributed by atoms with van der Waals surface area (Å²) in [5.41, 5.74) is 2.43. The lowest BCUT2D eigenvalue weighted by molar-refractivity contribution is -0.113. The summed E-state index contributed by atoms with van der Waals surface area (Å²) in [5.74, 6) is -3.40. The molecule has 3 aromatic carbocycles. The monoisotopic (exact) mass is 478 g/mol. The highest BCUT2D eigenvalue weighted by Gasteiger charge is 2.19. The van der Waals surface area contributed by atoms with E-state index < -0.39 is 23.4 Å². The fraction of sp³-hybridized carbons (Fsp3) is 0.120. The van der Waals surface area contributed by atoms with Gasteiger partial charge in [-0.05, 0) is 61.9 Å². The number of carbonyl (C=O) groups is 4. The van der Waals surface area contributed by atoms with Crippen molar-refractivity contribution in [1.82, 2.24) is 0 Å². The summed E-state index contributed by atoms with van der Waals surface area (Å²) in [6.45, 7) is 3.90. The van der Waals surface area contributed by atoms with E-state index in [0.717, 1.165) is 33.8 Å². The van der Waals surface area contributed by atoms with Gasteiger partial charge in [0.15, 0.2) is 0 Å². The normalized spacial score (nSPS) is 10.4. The molecule has 0 saturated carbocycles. The van der Waals surface area contributed by atoms with Gasteiger partial charge in [0, 0.05) is 16.3 Å². The van der Waals surface area contributed by atoms with Gasteiger partial charge in [-0.3, -0.25) is 9.59 Å². The first-order chi connectivity index (χ1) is 16.1. The second kappa shape index (κ2) is 10.7. The molecule has 0 unspecified atom stereocenters. The summed E-state index contributed by atoms with van der Waals surface area (Å²) in [4.78, 5) is 48.4. The van der Waals surface area contributed by atoms with E-state index >= 15 is 0 Å². The zero-order valence-electron chi connectivity index (χ0n) is 18.4. The van der Waals surface area contributed by atoms with Crippen molar-refractivity contribution in [2.45, 2.75) is 18.7 Å². The van der Waals surface area contributed by atoms with Crippen LogP contribution in [0.3, 0.4) is 0 Å². The summed E-state index contributed by atoms with van der Waals surface area (Å²) >= 11 is 1.28. The molecule has 174 valence electrons. The molecule has 0 aromatic heterocycles. The fourth-order valence-electron chi connectivity index (χ4n) is 3.20. The number of rotatable bonds is 8. The third-order valence-corrected chi connectivity index (χ3v) is 5.85. The highest BCUT2D eigenvalue weighted by atomic mass is 32.2. The number of aryl methyl sites for hydroxylation is 2. The summed E-state index contributed by atoms with van der Waals surface area (Å²) in [6, 6.07) is 15.8. The average molecular weight is 479 g/mol.